The number of rotatable bonds is 5. The van der Waals surface area contributed by atoms with E-state index < -0.39 is 0 Å². The van der Waals surface area contributed by atoms with Gasteiger partial charge in [-0.2, -0.15) is 5.10 Å². The Kier molecular flexibility index (Phi) is 5.00. The van der Waals surface area contributed by atoms with Gasteiger partial charge in [0.15, 0.2) is 0 Å². The highest BCUT2D eigenvalue weighted by atomic mass is 19.1. The number of benzene rings is 1. The smallest absolute Gasteiger partial charge is 0.223 e. The van der Waals surface area contributed by atoms with Gasteiger partial charge in [0.1, 0.15) is 5.82 Å². The zero-order valence-corrected chi connectivity index (χ0v) is 16.0. The van der Waals surface area contributed by atoms with Gasteiger partial charge in [-0.25, -0.2) is 4.39 Å². The molecule has 0 radical (unpaired) electrons. The summed E-state index contributed by atoms with van der Waals surface area (Å²) >= 11 is 0. The van der Waals surface area contributed by atoms with Crippen LogP contribution in [0.25, 0.3) is 11.3 Å². The number of nitrogens with zero attached hydrogens (tertiary/aromatic N) is 3. The van der Waals surface area contributed by atoms with Crippen LogP contribution in [0.15, 0.2) is 30.3 Å². The predicted octanol–water partition coefficient (Wildman–Crippen LogP) is 2.96. The highest BCUT2D eigenvalue weighted by molar-refractivity contribution is 5.81. The fourth-order valence-corrected chi connectivity index (χ4v) is 3.88. The van der Waals surface area contributed by atoms with Crippen LogP contribution in [0, 0.1) is 17.7 Å². The van der Waals surface area contributed by atoms with Crippen molar-refractivity contribution in [1.82, 2.24) is 20.0 Å². The van der Waals surface area contributed by atoms with Gasteiger partial charge in [0.05, 0.1) is 11.4 Å². The lowest BCUT2D eigenvalue weighted by molar-refractivity contribution is -0.123. The van der Waals surface area contributed by atoms with Crippen molar-refractivity contribution in [2.75, 3.05) is 13.1 Å². The predicted molar refractivity (Wildman–Crippen MR) is 102 cm³/mol. The zero-order valence-electron chi connectivity index (χ0n) is 16.0. The van der Waals surface area contributed by atoms with Crippen LogP contribution < -0.4 is 5.32 Å². The van der Waals surface area contributed by atoms with Gasteiger partial charge in [-0.1, -0.05) is 6.92 Å². The second-order valence-corrected chi connectivity index (χ2v) is 8.03. The highest BCUT2D eigenvalue weighted by Gasteiger charge is 2.39. The number of piperidine rings is 1. The summed E-state index contributed by atoms with van der Waals surface area (Å²) in [6.45, 7) is 4.93. The molecule has 2 aliphatic rings. The van der Waals surface area contributed by atoms with E-state index in [-0.39, 0.29) is 17.6 Å². The van der Waals surface area contributed by atoms with Crippen LogP contribution in [-0.4, -0.2) is 39.7 Å². The summed E-state index contributed by atoms with van der Waals surface area (Å²) in [7, 11) is 1.95. The minimum atomic E-state index is -0.235. The number of carbonyl (C=O) groups excluding carboxylic acids is 1. The van der Waals surface area contributed by atoms with E-state index in [9.17, 15) is 9.18 Å². The SMILES string of the molecule is C[C@H]1C[C@@H]1C(=O)NC1CCN(Cc2cc(-c3ccc(F)cc3)nn2C)CC1. The molecule has 1 saturated heterocycles. The molecule has 4 rings (SSSR count). The van der Waals surface area contributed by atoms with Gasteiger partial charge in [-0.15, -0.1) is 0 Å². The molecule has 1 amide bonds. The minimum absolute atomic E-state index is 0.235. The standard InChI is InChI=1S/C21H27FN4O/c1-14-11-19(14)21(27)23-17-7-9-26(10-8-17)13-18-12-20(24-25(18)2)15-3-5-16(22)6-4-15/h3-6,12,14,17,19H,7-11,13H2,1-2H3,(H,23,27)/t14-,19-/m0/s1. The third-order valence-corrected chi connectivity index (χ3v) is 5.88. The van der Waals surface area contributed by atoms with Crippen LogP contribution in [0.1, 0.15) is 31.9 Å². The van der Waals surface area contributed by atoms with E-state index in [4.69, 9.17) is 0 Å². The topological polar surface area (TPSA) is 50.2 Å². The summed E-state index contributed by atoms with van der Waals surface area (Å²) in [5.74, 6) is 0.824. The summed E-state index contributed by atoms with van der Waals surface area (Å²) in [6, 6.07) is 8.83. The summed E-state index contributed by atoms with van der Waals surface area (Å²) < 4.78 is 15.0. The number of amides is 1. The number of halogens is 1. The van der Waals surface area contributed by atoms with Gasteiger partial charge >= 0.3 is 0 Å². The first-order valence-electron chi connectivity index (χ1n) is 9.81. The monoisotopic (exact) mass is 370 g/mol. The minimum Gasteiger partial charge on any atom is -0.353 e. The third-order valence-electron chi connectivity index (χ3n) is 5.88. The Labute approximate surface area is 159 Å². The Bertz CT molecular complexity index is 808. The average Bonchev–Trinajstić information content (AvgIpc) is 3.28. The van der Waals surface area contributed by atoms with Crippen molar-refractivity contribution in [3.05, 3.63) is 41.8 Å². The molecule has 1 aliphatic heterocycles. The molecular formula is C21H27FN4O. The molecule has 27 heavy (non-hydrogen) atoms. The maximum atomic E-state index is 13.1. The number of aryl methyl sites for hydroxylation is 1. The molecule has 2 atom stereocenters. The van der Waals surface area contributed by atoms with Crippen LogP contribution in [0.4, 0.5) is 4.39 Å². The Hall–Kier alpha value is -2.21. The third kappa shape index (κ3) is 4.21. The molecule has 1 N–H and O–H groups in total. The Morgan fingerprint density at radius 2 is 1.93 bits per heavy atom. The molecule has 0 bridgehead atoms. The van der Waals surface area contributed by atoms with E-state index in [1.807, 2.05) is 11.7 Å². The van der Waals surface area contributed by atoms with Crippen LogP contribution >= 0.6 is 0 Å². The molecular weight excluding hydrogens is 343 g/mol. The fraction of sp³-hybridized carbons (Fsp3) is 0.524. The van der Waals surface area contributed by atoms with E-state index in [1.165, 1.54) is 12.1 Å². The Morgan fingerprint density at radius 3 is 2.56 bits per heavy atom. The van der Waals surface area contributed by atoms with Crippen LogP contribution in [0.5, 0.6) is 0 Å². The van der Waals surface area contributed by atoms with Crippen LogP contribution in [0.2, 0.25) is 0 Å². The van der Waals surface area contributed by atoms with Crippen molar-refractivity contribution in [3.63, 3.8) is 0 Å². The number of nitrogens with one attached hydrogen (secondary N) is 1. The Balaban J connectivity index is 1.31. The molecule has 0 spiro atoms. The zero-order chi connectivity index (χ0) is 19.0. The van der Waals surface area contributed by atoms with Gasteiger partial charge in [0.25, 0.3) is 0 Å². The molecule has 1 saturated carbocycles. The lowest BCUT2D eigenvalue weighted by atomic mass is 10.0. The summed E-state index contributed by atoms with van der Waals surface area (Å²) in [5, 5.41) is 7.80. The largest absolute Gasteiger partial charge is 0.353 e. The molecule has 5 nitrogen and oxygen atoms in total. The highest BCUT2D eigenvalue weighted by Crippen LogP contribution is 2.37. The van der Waals surface area contributed by atoms with Crippen molar-refractivity contribution in [2.24, 2.45) is 18.9 Å². The van der Waals surface area contributed by atoms with Gasteiger partial charge < -0.3 is 5.32 Å². The quantitative estimate of drug-likeness (QED) is 0.880. The molecule has 2 aromatic rings. The summed E-state index contributed by atoms with van der Waals surface area (Å²) in [5.41, 5.74) is 2.94. The number of likely N-dealkylation sites (tertiary alicyclic amines) is 1. The lowest BCUT2D eigenvalue weighted by Crippen LogP contribution is -2.45. The van der Waals surface area contributed by atoms with Gasteiger partial charge in [0.2, 0.25) is 5.91 Å². The maximum absolute atomic E-state index is 13.1. The molecule has 6 heteroatoms. The molecule has 1 aromatic carbocycles. The average molecular weight is 370 g/mol. The number of aromatic nitrogens is 2. The molecule has 0 unspecified atom stereocenters. The molecule has 1 aliphatic carbocycles. The van der Waals surface area contributed by atoms with E-state index in [2.05, 4.69) is 28.3 Å². The number of hydrogen-bond acceptors (Lipinski definition) is 3. The first-order chi connectivity index (χ1) is 13.0. The first-order valence-corrected chi connectivity index (χ1v) is 9.81. The second-order valence-electron chi connectivity index (χ2n) is 8.03. The first kappa shape index (κ1) is 18.2. The van der Waals surface area contributed by atoms with E-state index >= 15 is 0 Å². The van der Waals surface area contributed by atoms with Crippen molar-refractivity contribution in [2.45, 2.75) is 38.8 Å². The molecule has 2 heterocycles. The van der Waals surface area contributed by atoms with Crippen LogP contribution in [-0.2, 0) is 18.4 Å². The molecule has 2 fully saturated rings. The van der Waals surface area contributed by atoms with Crippen LogP contribution in [0.3, 0.4) is 0 Å². The van der Waals surface area contributed by atoms with Crippen molar-refractivity contribution in [3.8, 4) is 11.3 Å². The van der Waals surface area contributed by atoms with Crippen molar-refractivity contribution in [1.29, 1.82) is 0 Å². The summed E-state index contributed by atoms with van der Waals surface area (Å²) in [6.07, 6.45) is 3.03. The van der Waals surface area contributed by atoms with Gasteiger partial charge in [0, 0.05) is 44.2 Å². The van der Waals surface area contributed by atoms with Gasteiger partial charge in [-0.3, -0.25) is 14.4 Å². The lowest BCUT2D eigenvalue weighted by Gasteiger charge is -2.32. The summed E-state index contributed by atoms with van der Waals surface area (Å²) in [4.78, 5) is 14.5. The number of carbonyl (C=O) groups is 1. The van der Waals surface area contributed by atoms with E-state index in [1.54, 1.807) is 12.1 Å². The normalized spacial score (nSPS) is 23.4. The number of hydrogen-bond donors (Lipinski definition) is 1. The van der Waals surface area contributed by atoms with Crippen molar-refractivity contribution >= 4 is 5.91 Å². The Morgan fingerprint density at radius 1 is 1.26 bits per heavy atom. The van der Waals surface area contributed by atoms with Crippen molar-refractivity contribution < 1.29 is 9.18 Å². The fourth-order valence-electron chi connectivity index (χ4n) is 3.88. The molecule has 144 valence electrons. The molecule has 1 aromatic heterocycles. The second kappa shape index (κ2) is 7.43. The maximum Gasteiger partial charge on any atom is 0.223 e. The van der Waals surface area contributed by atoms with Gasteiger partial charge in [-0.05, 0) is 55.5 Å². The van der Waals surface area contributed by atoms with E-state index in [0.29, 0.717) is 12.0 Å². The van der Waals surface area contributed by atoms with E-state index in [0.717, 1.165) is 55.8 Å².